The molecule has 0 saturated carbocycles. The summed E-state index contributed by atoms with van der Waals surface area (Å²) in [4.78, 5) is 48.1. The molecule has 2 aromatic carbocycles. The number of nitrogens with zero attached hydrogens (tertiary/aromatic N) is 3. The predicted octanol–water partition coefficient (Wildman–Crippen LogP) is 5.11. The molecule has 4 aromatic rings. The number of pyridine rings is 1. The number of fused-ring (bicyclic) bond motifs is 1. The lowest BCUT2D eigenvalue weighted by Crippen LogP contribution is -2.29. The normalized spacial score (nSPS) is 16.8. The number of aromatic nitrogens is 2. The Hall–Kier alpha value is -4.57. The van der Waals surface area contributed by atoms with Gasteiger partial charge in [0.2, 0.25) is 0 Å². The molecule has 1 unspecified atom stereocenters. The van der Waals surface area contributed by atoms with E-state index in [1.165, 1.54) is 23.2 Å². The van der Waals surface area contributed by atoms with Gasteiger partial charge in [0.25, 0.3) is 5.78 Å². The van der Waals surface area contributed by atoms with Gasteiger partial charge in [-0.2, -0.15) is 0 Å². The molecule has 5 rings (SSSR count). The molecule has 1 aliphatic rings. The van der Waals surface area contributed by atoms with Crippen molar-refractivity contribution < 1.29 is 29.3 Å². The lowest BCUT2D eigenvalue weighted by molar-refractivity contribution is -0.132. The summed E-state index contributed by atoms with van der Waals surface area (Å²) >= 11 is 1.09. The van der Waals surface area contributed by atoms with Crippen LogP contribution in [0.1, 0.15) is 46.4 Å². The van der Waals surface area contributed by atoms with Crippen LogP contribution in [0, 0.1) is 6.92 Å². The largest absolute Gasteiger partial charge is 0.507 e. The van der Waals surface area contributed by atoms with Gasteiger partial charge in [0, 0.05) is 18.0 Å². The van der Waals surface area contributed by atoms with Crippen molar-refractivity contribution in [2.45, 2.75) is 26.3 Å². The monoisotopic (exact) mass is 529 g/mol. The molecular formula is C28H23N3O6S. The van der Waals surface area contributed by atoms with Gasteiger partial charge in [0.05, 0.1) is 34.0 Å². The van der Waals surface area contributed by atoms with E-state index in [0.29, 0.717) is 33.7 Å². The highest BCUT2D eigenvalue weighted by atomic mass is 32.1. The Balaban J connectivity index is 1.65. The minimum Gasteiger partial charge on any atom is -0.507 e. The summed E-state index contributed by atoms with van der Waals surface area (Å²) in [5.74, 6) is -2.44. The fraction of sp³-hybridized carbons (Fsp3) is 0.179. The van der Waals surface area contributed by atoms with Crippen molar-refractivity contribution in [2.75, 3.05) is 11.5 Å². The Morgan fingerprint density at radius 2 is 1.89 bits per heavy atom. The molecule has 38 heavy (non-hydrogen) atoms. The zero-order valence-electron chi connectivity index (χ0n) is 20.5. The van der Waals surface area contributed by atoms with Crippen molar-refractivity contribution in [3.05, 3.63) is 88.8 Å². The van der Waals surface area contributed by atoms with E-state index in [2.05, 4.69) is 9.97 Å². The first-order valence-electron chi connectivity index (χ1n) is 11.9. The summed E-state index contributed by atoms with van der Waals surface area (Å²) in [5.41, 5.74) is 2.14. The Kier molecular flexibility index (Phi) is 6.64. The number of Topliss-reactive ketones (excluding diaryl/α,β-unsaturated/α-hetero) is 1. The van der Waals surface area contributed by atoms with Crippen molar-refractivity contribution in [3.63, 3.8) is 0 Å². The number of hydrogen-bond acceptors (Lipinski definition) is 8. The lowest BCUT2D eigenvalue weighted by Gasteiger charge is -2.22. The number of aromatic carboxylic acids is 1. The van der Waals surface area contributed by atoms with Crippen LogP contribution in [0.15, 0.2) is 66.5 Å². The first kappa shape index (κ1) is 25.1. The third-order valence-corrected chi connectivity index (χ3v) is 7.20. The molecule has 2 aromatic heterocycles. The van der Waals surface area contributed by atoms with Crippen molar-refractivity contribution in [3.8, 4) is 5.75 Å². The van der Waals surface area contributed by atoms with Gasteiger partial charge < -0.3 is 14.9 Å². The molecule has 9 nitrogen and oxygen atoms in total. The minimum atomic E-state index is -1.08. The summed E-state index contributed by atoms with van der Waals surface area (Å²) in [6, 6.07) is 11.9. The molecule has 1 fully saturated rings. The van der Waals surface area contributed by atoms with E-state index in [0.717, 1.165) is 23.3 Å². The van der Waals surface area contributed by atoms with E-state index in [-0.39, 0.29) is 22.0 Å². The number of aliphatic hydroxyl groups is 1. The second kappa shape index (κ2) is 10.1. The number of anilines is 1. The zero-order chi connectivity index (χ0) is 27.0. The van der Waals surface area contributed by atoms with Crippen molar-refractivity contribution >= 4 is 50.1 Å². The molecule has 0 radical (unpaired) electrons. The number of carboxylic acids is 1. The molecule has 3 heterocycles. The Morgan fingerprint density at radius 1 is 1.11 bits per heavy atom. The summed E-state index contributed by atoms with van der Waals surface area (Å²) < 4.78 is 6.27. The van der Waals surface area contributed by atoms with Gasteiger partial charge in [0.1, 0.15) is 11.5 Å². The van der Waals surface area contributed by atoms with Crippen LogP contribution in [0.25, 0.3) is 16.0 Å². The summed E-state index contributed by atoms with van der Waals surface area (Å²) in [5, 5.41) is 20.9. The lowest BCUT2D eigenvalue weighted by atomic mass is 9.96. The number of aryl methyl sites for hydroxylation is 1. The smallest absolute Gasteiger partial charge is 0.335 e. The number of aliphatic hydroxyl groups excluding tert-OH is 1. The summed E-state index contributed by atoms with van der Waals surface area (Å²) in [7, 11) is 0. The first-order valence-corrected chi connectivity index (χ1v) is 12.7. The van der Waals surface area contributed by atoms with Crippen LogP contribution in [-0.2, 0) is 9.59 Å². The maximum Gasteiger partial charge on any atom is 0.335 e. The van der Waals surface area contributed by atoms with Gasteiger partial charge in [-0.15, -0.1) is 0 Å². The second-order valence-electron chi connectivity index (χ2n) is 8.77. The molecule has 192 valence electrons. The van der Waals surface area contributed by atoms with E-state index in [4.69, 9.17) is 4.74 Å². The van der Waals surface area contributed by atoms with E-state index in [1.807, 2.05) is 13.8 Å². The van der Waals surface area contributed by atoms with Gasteiger partial charge >= 0.3 is 11.9 Å². The van der Waals surface area contributed by atoms with Crippen LogP contribution >= 0.6 is 11.3 Å². The van der Waals surface area contributed by atoms with E-state index in [9.17, 15) is 24.6 Å². The maximum absolute atomic E-state index is 13.4. The minimum absolute atomic E-state index is 0.0836. The van der Waals surface area contributed by atoms with Crippen LogP contribution < -0.4 is 9.64 Å². The standard InChI is InChI=1S/C28H23N3O6S/c1-3-11-37-20-9-7-16(12-15(20)2)24(32)22-23(18-5-4-10-29-14-18)31(26(34)25(22)33)28-30-19-8-6-17(27(35)36)13-21(19)38-28/h4-10,12-14,23,32H,3,11H2,1-2H3,(H,35,36)/b24-22+. The van der Waals surface area contributed by atoms with E-state index >= 15 is 0 Å². The molecule has 1 saturated heterocycles. The molecule has 2 N–H and O–H groups in total. The number of thiazole rings is 1. The number of carbonyl (C=O) groups excluding carboxylic acids is 2. The number of carboxylic acid groups (broad SMARTS) is 1. The predicted molar refractivity (Wildman–Crippen MR) is 143 cm³/mol. The highest BCUT2D eigenvalue weighted by molar-refractivity contribution is 7.22. The molecular weight excluding hydrogens is 506 g/mol. The first-order chi connectivity index (χ1) is 18.3. The number of rotatable bonds is 7. The molecule has 0 aliphatic carbocycles. The number of ketones is 1. The number of carbonyl (C=O) groups is 3. The molecule has 1 amide bonds. The quantitative estimate of drug-likeness (QED) is 0.192. The number of ether oxygens (including phenoxy) is 1. The third-order valence-electron chi connectivity index (χ3n) is 6.18. The Labute approximate surface area is 221 Å². The fourth-order valence-corrected chi connectivity index (χ4v) is 5.39. The van der Waals surface area contributed by atoms with E-state index < -0.39 is 23.7 Å². The van der Waals surface area contributed by atoms with E-state index in [1.54, 1.807) is 42.6 Å². The fourth-order valence-electron chi connectivity index (χ4n) is 4.36. The number of hydrogen-bond donors (Lipinski definition) is 2. The highest BCUT2D eigenvalue weighted by Gasteiger charge is 2.48. The second-order valence-corrected chi connectivity index (χ2v) is 9.78. The van der Waals surface area contributed by atoms with Crippen LogP contribution in [0.2, 0.25) is 0 Å². The maximum atomic E-state index is 13.4. The van der Waals surface area contributed by atoms with Crippen molar-refractivity contribution in [2.24, 2.45) is 0 Å². The SMILES string of the molecule is CCCOc1ccc(/C(O)=C2\C(=O)C(=O)N(c3nc4ccc(C(=O)O)cc4s3)C2c2cccnc2)cc1C. The Bertz CT molecular complexity index is 1610. The average Bonchev–Trinajstić information content (AvgIpc) is 3.45. The van der Waals surface area contributed by atoms with Gasteiger partial charge in [-0.3, -0.25) is 19.5 Å². The van der Waals surface area contributed by atoms with Gasteiger partial charge in [-0.1, -0.05) is 24.3 Å². The number of amides is 1. The van der Waals surface area contributed by atoms with Gasteiger partial charge in [-0.25, -0.2) is 9.78 Å². The van der Waals surface area contributed by atoms with Gasteiger partial charge in [-0.05, 0) is 66.9 Å². The Morgan fingerprint density at radius 3 is 2.58 bits per heavy atom. The van der Waals surface area contributed by atoms with Crippen LogP contribution in [0.5, 0.6) is 5.75 Å². The van der Waals surface area contributed by atoms with Crippen molar-refractivity contribution in [1.29, 1.82) is 0 Å². The third kappa shape index (κ3) is 4.39. The van der Waals surface area contributed by atoms with Gasteiger partial charge in [0.15, 0.2) is 5.13 Å². The molecule has 1 aliphatic heterocycles. The summed E-state index contributed by atoms with van der Waals surface area (Å²) in [6.07, 6.45) is 3.94. The van der Waals surface area contributed by atoms with Crippen LogP contribution in [0.4, 0.5) is 5.13 Å². The topological polar surface area (TPSA) is 130 Å². The average molecular weight is 530 g/mol. The molecule has 0 bridgehead atoms. The zero-order valence-corrected chi connectivity index (χ0v) is 21.4. The highest BCUT2D eigenvalue weighted by Crippen LogP contribution is 2.44. The summed E-state index contributed by atoms with van der Waals surface area (Å²) in [6.45, 7) is 4.39. The molecule has 1 atom stereocenters. The van der Waals surface area contributed by atoms with Crippen LogP contribution in [-0.4, -0.2) is 44.4 Å². The molecule has 0 spiro atoms. The number of benzene rings is 2. The van der Waals surface area contributed by atoms with Crippen LogP contribution in [0.3, 0.4) is 0 Å². The molecule has 10 heteroatoms. The van der Waals surface area contributed by atoms with Crippen molar-refractivity contribution in [1.82, 2.24) is 9.97 Å².